The SMILES string of the molecule is COc1cc(NC(=O)c2ccc3c(=O)[nH]c4c(C(=O)NC(C)C)sc(=S)n4c3c2)cc(OC)c1OC. The normalized spacial score (nSPS) is 11.1. The number of carbonyl (C=O) groups excluding carboxylic acids is 2. The van der Waals surface area contributed by atoms with Crippen LogP contribution in [0.3, 0.4) is 0 Å². The van der Waals surface area contributed by atoms with Crippen molar-refractivity contribution in [3.05, 3.63) is 55.1 Å². The number of hydrogen-bond acceptors (Lipinski definition) is 8. The number of methoxy groups -OCH3 is 3. The van der Waals surface area contributed by atoms with Crippen LogP contribution < -0.4 is 30.4 Å². The van der Waals surface area contributed by atoms with Crippen LogP contribution in [0, 0.1) is 3.95 Å². The van der Waals surface area contributed by atoms with Crippen molar-refractivity contribution in [3.8, 4) is 17.2 Å². The van der Waals surface area contributed by atoms with Gasteiger partial charge in [-0.25, -0.2) is 0 Å². The van der Waals surface area contributed by atoms with Gasteiger partial charge in [0.1, 0.15) is 10.5 Å². The Balaban J connectivity index is 1.80. The minimum Gasteiger partial charge on any atom is -0.493 e. The minimum atomic E-state index is -0.431. The van der Waals surface area contributed by atoms with Crippen molar-refractivity contribution in [2.45, 2.75) is 19.9 Å². The van der Waals surface area contributed by atoms with E-state index in [-0.39, 0.29) is 23.2 Å². The molecule has 10 nitrogen and oxygen atoms in total. The number of benzene rings is 2. The van der Waals surface area contributed by atoms with E-state index >= 15 is 0 Å². The first-order valence-electron chi connectivity index (χ1n) is 10.8. The van der Waals surface area contributed by atoms with Crippen molar-refractivity contribution in [1.82, 2.24) is 14.7 Å². The Morgan fingerprint density at radius 3 is 2.28 bits per heavy atom. The molecule has 0 unspecified atom stereocenters. The fourth-order valence-electron chi connectivity index (χ4n) is 3.77. The molecule has 12 heteroatoms. The Hall–Kier alpha value is -3.90. The van der Waals surface area contributed by atoms with Gasteiger partial charge < -0.3 is 29.8 Å². The van der Waals surface area contributed by atoms with E-state index in [2.05, 4.69) is 15.6 Å². The average Bonchev–Trinajstić information content (AvgIpc) is 3.18. The first-order chi connectivity index (χ1) is 17.2. The number of nitrogens with one attached hydrogen (secondary N) is 3. The molecule has 0 fully saturated rings. The van der Waals surface area contributed by atoms with Gasteiger partial charge in [0.05, 0.1) is 32.2 Å². The maximum absolute atomic E-state index is 13.1. The summed E-state index contributed by atoms with van der Waals surface area (Å²) in [5, 5.41) is 5.95. The molecular formula is C24H24N4O6S2. The Morgan fingerprint density at radius 2 is 1.69 bits per heavy atom. The first kappa shape index (κ1) is 25.2. The summed E-state index contributed by atoms with van der Waals surface area (Å²) in [6, 6.07) is 7.78. The molecule has 3 N–H and O–H groups in total. The van der Waals surface area contributed by atoms with Crippen LogP contribution in [0.15, 0.2) is 35.1 Å². The number of thiazole rings is 1. The van der Waals surface area contributed by atoms with Crippen molar-refractivity contribution >= 4 is 57.6 Å². The van der Waals surface area contributed by atoms with E-state index in [4.69, 9.17) is 26.4 Å². The smallest absolute Gasteiger partial charge is 0.265 e. The maximum atomic E-state index is 13.1. The second-order valence-electron chi connectivity index (χ2n) is 8.06. The van der Waals surface area contributed by atoms with Crippen molar-refractivity contribution in [1.29, 1.82) is 0 Å². The zero-order chi connectivity index (χ0) is 26.1. The summed E-state index contributed by atoms with van der Waals surface area (Å²) in [5.74, 6) is 0.398. The molecule has 0 saturated carbocycles. The molecule has 188 valence electrons. The molecule has 0 aliphatic rings. The quantitative estimate of drug-likeness (QED) is 0.310. The number of ether oxygens (including phenoxy) is 3. The molecule has 4 rings (SSSR count). The van der Waals surface area contributed by atoms with Crippen LogP contribution in [-0.4, -0.2) is 48.6 Å². The van der Waals surface area contributed by atoms with Gasteiger partial charge >= 0.3 is 0 Å². The number of carbonyl (C=O) groups is 2. The second-order valence-corrected chi connectivity index (χ2v) is 9.71. The van der Waals surface area contributed by atoms with Crippen molar-refractivity contribution in [2.24, 2.45) is 0 Å². The predicted octanol–water partition coefficient (Wildman–Crippen LogP) is 3.99. The lowest BCUT2D eigenvalue weighted by atomic mass is 10.1. The minimum absolute atomic E-state index is 0.0918. The largest absolute Gasteiger partial charge is 0.493 e. The Labute approximate surface area is 214 Å². The lowest BCUT2D eigenvalue weighted by Gasteiger charge is -2.14. The number of nitrogens with zero attached hydrogens (tertiary/aromatic N) is 1. The highest BCUT2D eigenvalue weighted by atomic mass is 32.1. The van der Waals surface area contributed by atoms with Crippen LogP contribution in [0.1, 0.15) is 33.9 Å². The standard InChI is InChI=1S/C24H24N4O6S2/c1-11(2)25-23(31)19-20-27-22(30)14-7-6-12(8-15(14)28(20)24(35)36-19)21(29)26-13-9-16(32-3)18(34-5)17(10-13)33-4/h6-11H,1-5H3,(H,25,31)(H,26,29)(H,27,30). The van der Waals surface area contributed by atoms with Gasteiger partial charge in [0, 0.05) is 29.4 Å². The van der Waals surface area contributed by atoms with E-state index in [1.54, 1.807) is 34.7 Å². The molecule has 0 spiro atoms. The Bertz CT molecular complexity index is 1590. The van der Waals surface area contributed by atoms with Crippen LogP contribution in [0.5, 0.6) is 17.2 Å². The van der Waals surface area contributed by atoms with Crippen LogP contribution in [0.4, 0.5) is 5.69 Å². The molecule has 36 heavy (non-hydrogen) atoms. The van der Waals surface area contributed by atoms with Gasteiger partial charge in [-0.15, -0.1) is 0 Å². The highest BCUT2D eigenvalue weighted by molar-refractivity contribution is 7.73. The molecule has 2 heterocycles. The molecule has 0 atom stereocenters. The summed E-state index contributed by atoms with van der Waals surface area (Å²) in [7, 11) is 4.45. The van der Waals surface area contributed by atoms with Gasteiger partial charge in [-0.05, 0) is 44.3 Å². The number of hydrogen-bond donors (Lipinski definition) is 3. The highest BCUT2D eigenvalue weighted by Crippen LogP contribution is 2.40. The molecule has 2 aromatic carbocycles. The first-order valence-corrected chi connectivity index (χ1v) is 12.0. The molecule has 0 radical (unpaired) electrons. The highest BCUT2D eigenvalue weighted by Gasteiger charge is 2.20. The molecule has 0 aliphatic carbocycles. The lowest BCUT2D eigenvalue weighted by Crippen LogP contribution is -2.30. The summed E-state index contributed by atoms with van der Waals surface area (Å²) in [5.41, 5.74) is 1.00. The molecule has 4 aromatic rings. The third-order valence-electron chi connectivity index (χ3n) is 5.34. The molecule has 2 amide bonds. The molecule has 0 aliphatic heterocycles. The average molecular weight is 529 g/mol. The van der Waals surface area contributed by atoms with Gasteiger partial charge in [-0.3, -0.25) is 18.8 Å². The van der Waals surface area contributed by atoms with Gasteiger partial charge in [0.2, 0.25) is 5.75 Å². The summed E-state index contributed by atoms with van der Waals surface area (Å²) in [6.45, 7) is 3.68. The zero-order valence-corrected chi connectivity index (χ0v) is 21.8. The molecular weight excluding hydrogens is 504 g/mol. The fourth-order valence-corrected chi connectivity index (χ4v) is 5.05. The van der Waals surface area contributed by atoms with E-state index in [0.717, 1.165) is 11.3 Å². The van der Waals surface area contributed by atoms with E-state index < -0.39 is 11.5 Å². The second kappa shape index (κ2) is 9.99. The summed E-state index contributed by atoms with van der Waals surface area (Å²) in [4.78, 5) is 41.7. The number of aromatic nitrogens is 2. The van der Waals surface area contributed by atoms with Gasteiger partial charge in [0.15, 0.2) is 15.5 Å². The molecule has 0 saturated heterocycles. The monoisotopic (exact) mass is 528 g/mol. The van der Waals surface area contributed by atoms with Gasteiger partial charge in [0.25, 0.3) is 17.4 Å². The Morgan fingerprint density at radius 1 is 1.03 bits per heavy atom. The number of fused-ring (bicyclic) bond motifs is 3. The number of H-pyrrole nitrogens is 1. The van der Waals surface area contributed by atoms with Crippen LogP contribution in [-0.2, 0) is 0 Å². The van der Waals surface area contributed by atoms with E-state index in [1.807, 2.05) is 13.8 Å². The maximum Gasteiger partial charge on any atom is 0.265 e. The van der Waals surface area contributed by atoms with Crippen LogP contribution in [0.25, 0.3) is 16.6 Å². The summed E-state index contributed by atoms with van der Waals surface area (Å²) >= 11 is 6.60. The van der Waals surface area contributed by atoms with Gasteiger partial charge in [-0.2, -0.15) is 0 Å². The third-order valence-corrected chi connectivity index (χ3v) is 6.71. The molecule has 2 aromatic heterocycles. The number of aromatic amines is 1. The topological polar surface area (TPSA) is 123 Å². The van der Waals surface area contributed by atoms with Crippen LogP contribution in [0.2, 0.25) is 0 Å². The lowest BCUT2D eigenvalue weighted by molar-refractivity contribution is 0.0947. The van der Waals surface area contributed by atoms with E-state index in [1.165, 1.54) is 21.3 Å². The predicted molar refractivity (Wildman–Crippen MR) is 141 cm³/mol. The van der Waals surface area contributed by atoms with Gasteiger partial charge in [-0.1, -0.05) is 11.3 Å². The number of amides is 2. The number of rotatable bonds is 7. The zero-order valence-electron chi connectivity index (χ0n) is 20.2. The van der Waals surface area contributed by atoms with E-state index in [9.17, 15) is 14.4 Å². The fraction of sp³-hybridized carbons (Fsp3) is 0.250. The third kappa shape index (κ3) is 4.52. The summed E-state index contributed by atoms with van der Waals surface area (Å²) < 4.78 is 18.0. The van der Waals surface area contributed by atoms with Crippen LogP contribution >= 0.6 is 23.6 Å². The van der Waals surface area contributed by atoms with Crippen molar-refractivity contribution in [3.63, 3.8) is 0 Å². The van der Waals surface area contributed by atoms with E-state index in [0.29, 0.717) is 42.7 Å². The molecule has 0 bridgehead atoms. The van der Waals surface area contributed by atoms with Crippen molar-refractivity contribution < 1.29 is 23.8 Å². The number of anilines is 1. The summed E-state index contributed by atoms with van der Waals surface area (Å²) in [6.07, 6.45) is 0. The van der Waals surface area contributed by atoms with Crippen molar-refractivity contribution in [2.75, 3.05) is 26.6 Å². The Kier molecular flexibility index (Phi) is 7.00.